The van der Waals surface area contributed by atoms with Gasteiger partial charge in [-0.2, -0.15) is 4.31 Å². The van der Waals surface area contributed by atoms with Crippen LogP contribution in [0.2, 0.25) is 0 Å². The number of nitrogens with zero attached hydrogens (tertiary/aromatic N) is 3. The number of rotatable bonds is 8. The fourth-order valence-electron chi connectivity index (χ4n) is 4.06. The maximum atomic E-state index is 13.3. The molecular weight excluding hydrogens is 456 g/mol. The maximum Gasteiger partial charge on any atom is 0.257 e. The van der Waals surface area contributed by atoms with Gasteiger partial charge in [0.25, 0.3) is 5.91 Å². The molecule has 2 heterocycles. The zero-order chi connectivity index (χ0) is 23.4. The standard InChI is InChI=1S/C24H28N4O3S2/c1-3-28(4-2)33(30,31)20-11-12-22(27-14-5-6-15-27)21(17-20)23(29)26-19-9-7-18(8-10-19)24-25-13-16-32-24/h7-13,16-17H,3-6,14-15H2,1-2H3,(H,26,29). The second-order valence-electron chi connectivity index (χ2n) is 7.83. The molecule has 1 amide bonds. The maximum absolute atomic E-state index is 13.3. The van der Waals surface area contributed by atoms with Crippen LogP contribution < -0.4 is 10.2 Å². The molecule has 0 spiro atoms. The summed E-state index contributed by atoms with van der Waals surface area (Å²) in [4.78, 5) is 19.9. The van der Waals surface area contributed by atoms with Crippen molar-refractivity contribution in [2.24, 2.45) is 0 Å². The van der Waals surface area contributed by atoms with E-state index in [1.54, 1.807) is 29.7 Å². The lowest BCUT2D eigenvalue weighted by Crippen LogP contribution is -2.31. The molecule has 4 rings (SSSR count). The molecule has 1 saturated heterocycles. The minimum Gasteiger partial charge on any atom is -0.371 e. The van der Waals surface area contributed by atoms with E-state index < -0.39 is 10.0 Å². The van der Waals surface area contributed by atoms with Crippen molar-refractivity contribution in [2.45, 2.75) is 31.6 Å². The highest BCUT2D eigenvalue weighted by Crippen LogP contribution is 2.30. The van der Waals surface area contributed by atoms with Gasteiger partial charge in [-0.05, 0) is 55.3 Å². The van der Waals surface area contributed by atoms with Gasteiger partial charge in [0.05, 0.1) is 10.5 Å². The number of anilines is 2. The molecule has 0 atom stereocenters. The van der Waals surface area contributed by atoms with Crippen LogP contribution in [0.15, 0.2) is 58.9 Å². The van der Waals surface area contributed by atoms with Crippen LogP contribution in [0.5, 0.6) is 0 Å². The SMILES string of the molecule is CCN(CC)S(=O)(=O)c1ccc(N2CCCC2)c(C(=O)Nc2ccc(-c3nccs3)cc2)c1. The number of amides is 1. The minimum atomic E-state index is -3.67. The molecule has 3 aromatic rings. The predicted octanol–water partition coefficient (Wildman–Crippen LogP) is 4.69. The number of carbonyl (C=O) groups excluding carboxylic acids is 1. The van der Waals surface area contributed by atoms with E-state index >= 15 is 0 Å². The van der Waals surface area contributed by atoms with Gasteiger partial charge in [-0.3, -0.25) is 4.79 Å². The summed E-state index contributed by atoms with van der Waals surface area (Å²) in [5, 5.41) is 5.78. The van der Waals surface area contributed by atoms with Crippen molar-refractivity contribution in [2.75, 3.05) is 36.4 Å². The predicted molar refractivity (Wildman–Crippen MR) is 133 cm³/mol. The second-order valence-corrected chi connectivity index (χ2v) is 10.7. The number of hydrogen-bond donors (Lipinski definition) is 1. The van der Waals surface area contributed by atoms with E-state index in [9.17, 15) is 13.2 Å². The van der Waals surface area contributed by atoms with E-state index in [2.05, 4.69) is 15.2 Å². The van der Waals surface area contributed by atoms with E-state index in [4.69, 9.17) is 0 Å². The fourth-order valence-corrected chi connectivity index (χ4v) is 6.19. The van der Waals surface area contributed by atoms with Crippen LogP contribution in [0, 0.1) is 0 Å². The number of hydrogen-bond acceptors (Lipinski definition) is 6. The van der Waals surface area contributed by atoms with Gasteiger partial charge in [0.1, 0.15) is 5.01 Å². The lowest BCUT2D eigenvalue weighted by molar-refractivity contribution is 0.102. The number of nitrogens with one attached hydrogen (secondary N) is 1. The molecule has 1 aromatic heterocycles. The molecule has 1 fully saturated rings. The van der Waals surface area contributed by atoms with Crippen molar-refractivity contribution in [3.8, 4) is 10.6 Å². The summed E-state index contributed by atoms with van der Waals surface area (Å²) in [5.74, 6) is -0.324. The molecule has 1 aliphatic heterocycles. The Hall–Kier alpha value is -2.75. The van der Waals surface area contributed by atoms with Gasteiger partial charge in [-0.1, -0.05) is 13.8 Å². The Morgan fingerprint density at radius 2 is 1.79 bits per heavy atom. The summed E-state index contributed by atoms with van der Waals surface area (Å²) >= 11 is 1.55. The summed E-state index contributed by atoms with van der Waals surface area (Å²) in [6, 6.07) is 12.4. The fraction of sp³-hybridized carbons (Fsp3) is 0.333. The summed E-state index contributed by atoms with van der Waals surface area (Å²) in [7, 11) is -3.67. The molecule has 33 heavy (non-hydrogen) atoms. The van der Waals surface area contributed by atoms with Crippen molar-refractivity contribution in [3.05, 3.63) is 59.6 Å². The highest BCUT2D eigenvalue weighted by Gasteiger charge is 2.26. The topological polar surface area (TPSA) is 82.6 Å². The van der Waals surface area contributed by atoms with E-state index in [0.717, 1.165) is 42.2 Å². The van der Waals surface area contributed by atoms with Gasteiger partial charge in [0.2, 0.25) is 10.0 Å². The summed E-state index contributed by atoms with van der Waals surface area (Å²) in [5.41, 5.74) is 2.76. The zero-order valence-corrected chi connectivity index (χ0v) is 20.5. The third-order valence-corrected chi connectivity index (χ3v) is 8.69. The Bertz CT molecular complexity index is 1200. The Kier molecular flexibility index (Phi) is 7.11. The molecule has 0 unspecified atom stereocenters. The molecule has 1 aliphatic rings. The lowest BCUT2D eigenvalue weighted by atomic mass is 10.1. The molecule has 7 nitrogen and oxygen atoms in total. The van der Waals surface area contributed by atoms with Crippen molar-refractivity contribution in [1.82, 2.24) is 9.29 Å². The summed E-state index contributed by atoms with van der Waals surface area (Å²) in [6.07, 6.45) is 3.87. The highest BCUT2D eigenvalue weighted by atomic mass is 32.2. The number of thiazole rings is 1. The molecule has 1 N–H and O–H groups in total. The first-order valence-corrected chi connectivity index (χ1v) is 13.5. The van der Waals surface area contributed by atoms with Gasteiger partial charge in [-0.15, -0.1) is 11.3 Å². The van der Waals surface area contributed by atoms with E-state index in [1.165, 1.54) is 10.4 Å². The number of carbonyl (C=O) groups is 1. The Morgan fingerprint density at radius 1 is 1.09 bits per heavy atom. The largest absolute Gasteiger partial charge is 0.371 e. The highest BCUT2D eigenvalue weighted by molar-refractivity contribution is 7.89. The first-order valence-electron chi connectivity index (χ1n) is 11.1. The Morgan fingerprint density at radius 3 is 2.39 bits per heavy atom. The van der Waals surface area contributed by atoms with Crippen molar-refractivity contribution >= 4 is 38.6 Å². The van der Waals surface area contributed by atoms with E-state index in [-0.39, 0.29) is 10.8 Å². The van der Waals surface area contributed by atoms with Gasteiger partial charge < -0.3 is 10.2 Å². The molecule has 0 radical (unpaired) electrons. The molecular formula is C24H28N4O3S2. The molecule has 9 heteroatoms. The van der Waals surface area contributed by atoms with E-state index in [1.807, 2.05) is 43.5 Å². The van der Waals surface area contributed by atoms with Crippen LogP contribution in [-0.4, -0.2) is 49.8 Å². The van der Waals surface area contributed by atoms with Gasteiger partial charge in [0.15, 0.2) is 0 Å². The van der Waals surface area contributed by atoms with Gasteiger partial charge in [0, 0.05) is 54.7 Å². The average molecular weight is 485 g/mol. The number of benzene rings is 2. The second kappa shape index (κ2) is 10.0. The van der Waals surface area contributed by atoms with Crippen LogP contribution in [0.1, 0.15) is 37.0 Å². The van der Waals surface area contributed by atoms with Gasteiger partial charge >= 0.3 is 0 Å². The third kappa shape index (κ3) is 4.95. The van der Waals surface area contributed by atoms with Crippen molar-refractivity contribution < 1.29 is 13.2 Å². The Balaban J connectivity index is 1.65. The molecule has 0 bridgehead atoms. The van der Waals surface area contributed by atoms with Crippen LogP contribution in [0.4, 0.5) is 11.4 Å². The molecule has 0 aliphatic carbocycles. The van der Waals surface area contributed by atoms with Crippen LogP contribution >= 0.6 is 11.3 Å². The number of aromatic nitrogens is 1. The normalized spacial score (nSPS) is 14.1. The van der Waals surface area contributed by atoms with Crippen LogP contribution in [-0.2, 0) is 10.0 Å². The minimum absolute atomic E-state index is 0.137. The first-order chi connectivity index (χ1) is 15.9. The monoisotopic (exact) mass is 484 g/mol. The first kappa shape index (κ1) is 23.4. The summed E-state index contributed by atoms with van der Waals surface area (Å²) < 4.78 is 27.6. The Labute approximate surface area is 199 Å². The molecule has 174 valence electrons. The molecule has 0 saturated carbocycles. The zero-order valence-electron chi connectivity index (χ0n) is 18.8. The van der Waals surface area contributed by atoms with Crippen LogP contribution in [0.25, 0.3) is 10.6 Å². The lowest BCUT2D eigenvalue weighted by Gasteiger charge is -2.23. The van der Waals surface area contributed by atoms with Crippen LogP contribution in [0.3, 0.4) is 0 Å². The van der Waals surface area contributed by atoms with E-state index in [0.29, 0.717) is 24.3 Å². The summed E-state index contributed by atoms with van der Waals surface area (Å²) in [6.45, 7) is 6.07. The third-order valence-electron chi connectivity index (χ3n) is 5.82. The molecule has 2 aromatic carbocycles. The van der Waals surface area contributed by atoms with Crippen molar-refractivity contribution in [1.29, 1.82) is 0 Å². The quantitative estimate of drug-likeness (QED) is 0.501. The smallest absolute Gasteiger partial charge is 0.257 e. The van der Waals surface area contributed by atoms with Gasteiger partial charge in [-0.25, -0.2) is 13.4 Å². The average Bonchev–Trinajstić information content (AvgIpc) is 3.54. The number of sulfonamides is 1. The van der Waals surface area contributed by atoms with Crippen molar-refractivity contribution in [3.63, 3.8) is 0 Å².